The van der Waals surface area contributed by atoms with Crippen LogP contribution in [0.25, 0.3) is 0 Å². The van der Waals surface area contributed by atoms with Crippen LogP contribution < -0.4 is 15.8 Å². The zero-order valence-corrected chi connectivity index (χ0v) is 10.8. The van der Waals surface area contributed by atoms with E-state index in [9.17, 15) is 13.2 Å². The van der Waals surface area contributed by atoms with E-state index >= 15 is 0 Å². The second-order valence-corrected chi connectivity index (χ2v) is 5.39. The minimum atomic E-state index is -3.42. The lowest BCUT2D eigenvalue weighted by atomic mass is 10.3. The molecule has 0 atom stereocenters. The number of nitrogens with zero attached hydrogens (tertiary/aromatic N) is 1. The van der Waals surface area contributed by atoms with Gasteiger partial charge in [0.2, 0.25) is 10.0 Å². The standard InChI is InChI=1S/C10H16N4O3S/c1-12-10(15)9-7-8(3-5-14-9)13-4-2-6-18(11,16)17/h3,5,7H,2,4,6H2,1H3,(H,12,15)(H,13,14)(H2,11,16,17). The third-order valence-corrected chi connectivity index (χ3v) is 3.01. The van der Waals surface area contributed by atoms with Crippen LogP contribution in [-0.2, 0) is 10.0 Å². The highest BCUT2D eigenvalue weighted by atomic mass is 32.2. The average molecular weight is 272 g/mol. The van der Waals surface area contributed by atoms with Crippen LogP contribution in [0.5, 0.6) is 0 Å². The highest BCUT2D eigenvalue weighted by Gasteiger charge is 2.05. The minimum Gasteiger partial charge on any atom is -0.385 e. The maximum atomic E-state index is 11.3. The fraction of sp³-hybridized carbons (Fsp3) is 0.400. The molecule has 0 saturated carbocycles. The van der Waals surface area contributed by atoms with Gasteiger partial charge >= 0.3 is 0 Å². The van der Waals surface area contributed by atoms with Crippen LogP contribution in [0.1, 0.15) is 16.9 Å². The van der Waals surface area contributed by atoms with Crippen LogP contribution in [0, 0.1) is 0 Å². The van der Waals surface area contributed by atoms with Crippen molar-refractivity contribution in [2.24, 2.45) is 5.14 Å². The van der Waals surface area contributed by atoms with Gasteiger partial charge in [-0.3, -0.25) is 9.78 Å². The highest BCUT2D eigenvalue weighted by molar-refractivity contribution is 7.89. The summed E-state index contributed by atoms with van der Waals surface area (Å²) in [6.07, 6.45) is 1.91. The van der Waals surface area contributed by atoms with Crippen LogP contribution in [0.15, 0.2) is 18.3 Å². The summed E-state index contributed by atoms with van der Waals surface area (Å²) in [4.78, 5) is 15.2. The number of pyridine rings is 1. The number of aromatic nitrogens is 1. The van der Waals surface area contributed by atoms with E-state index in [2.05, 4.69) is 15.6 Å². The Morgan fingerprint density at radius 2 is 2.22 bits per heavy atom. The van der Waals surface area contributed by atoms with Crippen LogP contribution in [0.2, 0.25) is 0 Å². The highest BCUT2D eigenvalue weighted by Crippen LogP contribution is 2.07. The fourth-order valence-corrected chi connectivity index (χ4v) is 1.85. The monoisotopic (exact) mass is 272 g/mol. The van der Waals surface area contributed by atoms with Gasteiger partial charge < -0.3 is 10.6 Å². The Morgan fingerprint density at radius 1 is 1.50 bits per heavy atom. The molecule has 0 fully saturated rings. The van der Waals surface area contributed by atoms with E-state index in [0.29, 0.717) is 24.3 Å². The van der Waals surface area contributed by atoms with Crippen molar-refractivity contribution in [1.82, 2.24) is 10.3 Å². The lowest BCUT2D eigenvalue weighted by Gasteiger charge is -2.06. The van der Waals surface area contributed by atoms with Crippen molar-refractivity contribution in [3.05, 3.63) is 24.0 Å². The first-order valence-electron chi connectivity index (χ1n) is 5.35. The van der Waals surface area contributed by atoms with E-state index in [0.717, 1.165) is 0 Å². The topological polar surface area (TPSA) is 114 Å². The number of primary sulfonamides is 1. The zero-order chi connectivity index (χ0) is 13.6. The molecule has 0 aliphatic carbocycles. The maximum absolute atomic E-state index is 11.3. The van der Waals surface area contributed by atoms with Crippen molar-refractivity contribution in [3.8, 4) is 0 Å². The van der Waals surface area contributed by atoms with Crippen molar-refractivity contribution in [1.29, 1.82) is 0 Å². The summed E-state index contributed by atoms with van der Waals surface area (Å²) in [6.45, 7) is 0.452. The molecule has 0 spiro atoms. The SMILES string of the molecule is CNC(=O)c1cc(NCCCS(N)(=O)=O)ccn1. The van der Waals surface area contributed by atoms with Gasteiger partial charge in [0.25, 0.3) is 5.91 Å². The van der Waals surface area contributed by atoms with E-state index in [1.165, 1.54) is 13.2 Å². The number of rotatable bonds is 6. The molecule has 1 aromatic rings. The van der Waals surface area contributed by atoms with Crippen LogP contribution in [0.3, 0.4) is 0 Å². The van der Waals surface area contributed by atoms with E-state index in [-0.39, 0.29) is 11.7 Å². The number of carbonyl (C=O) groups is 1. The van der Waals surface area contributed by atoms with Crippen molar-refractivity contribution in [3.63, 3.8) is 0 Å². The fourth-order valence-electron chi connectivity index (χ4n) is 1.30. The number of hydrogen-bond acceptors (Lipinski definition) is 5. The van der Waals surface area contributed by atoms with Crippen molar-refractivity contribution >= 4 is 21.6 Å². The molecule has 0 aliphatic heterocycles. The zero-order valence-electron chi connectivity index (χ0n) is 10.0. The lowest BCUT2D eigenvalue weighted by molar-refractivity contribution is 0.0958. The molecule has 1 rings (SSSR count). The summed E-state index contributed by atoms with van der Waals surface area (Å²) in [5.74, 6) is -0.351. The first-order chi connectivity index (χ1) is 8.42. The van der Waals surface area contributed by atoms with Gasteiger partial charge in [0, 0.05) is 25.5 Å². The van der Waals surface area contributed by atoms with Gasteiger partial charge in [-0.2, -0.15) is 0 Å². The number of anilines is 1. The van der Waals surface area contributed by atoms with Crippen LogP contribution in [0.4, 0.5) is 5.69 Å². The second kappa shape index (κ2) is 6.31. The Kier molecular flexibility index (Phi) is 5.05. The Bertz CT molecular complexity index is 516. The Morgan fingerprint density at radius 3 is 2.83 bits per heavy atom. The predicted octanol–water partition coefficient (Wildman–Crippen LogP) is -0.468. The Balaban J connectivity index is 2.50. The van der Waals surface area contributed by atoms with Gasteiger partial charge in [-0.1, -0.05) is 0 Å². The quantitative estimate of drug-likeness (QED) is 0.606. The molecule has 1 amide bonds. The summed E-state index contributed by atoms with van der Waals surface area (Å²) in [6, 6.07) is 3.29. The van der Waals surface area contributed by atoms with Gasteiger partial charge in [0.15, 0.2) is 0 Å². The van der Waals surface area contributed by atoms with Crippen LogP contribution in [-0.4, -0.2) is 38.7 Å². The van der Waals surface area contributed by atoms with Gasteiger partial charge in [0.1, 0.15) is 5.69 Å². The first kappa shape index (κ1) is 14.4. The third kappa shape index (κ3) is 5.11. The summed E-state index contributed by atoms with van der Waals surface area (Å²) >= 11 is 0. The summed E-state index contributed by atoms with van der Waals surface area (Å²) in [5.41, 5.74) is 1.01. The Hall–Kier alpha value is -1.67. The molecular weight excluding hydrogens is 256 g/mol. The first-order valence-corrected chi connectivity index (χ1v) is 7.06. The molecule has 0 unspecified atom stereocenters. The van der Waals surface area contributed by atoms with E-state index in [1.807, 2.05) is 0 Å². The number of nitrogens with one attached hydrogen (secondary N) is 2. The number of hydrogen-bond donors (Lipinski definition) is 3. The molecule has 0 aromatic carbocycles. The van der Waals surface area contributed by atoms with Crippen molar-refractivity contribution in [2.45, 2.75) is 6.42 Å². The van der Waals surface area contributed by atoms with Crippen molar-refractivity contribution < 1.29 is 13.2 Å². The normalized spacial score (nSPS) is 11.0. The number of carbonyl (C=O) groups excluding carboxylic acids is 1. The molecule has 8 heteroatoms. The van der Waals surface area contributed by atoms with Crippen LogP contribution >= 0.6 is 0 Å². The third-order valence-electron chi connectivity index (χ3n) is 2.15. The number of amides is 1. The molecule has 0 bridgehead atoms. The smallest absolute Gasteiger partial charge is 0.269 e. The molecule has 1 aromatic heterocycles. The average Bonchev–Trinajstić information content (AvgIpc) is 2.33. The van der Waals surface area contributed by atoms with Gasteiger partial charge in [-0.15, -0.1) is 0 Å². The Labute approximate surface area is 106 Å². The van der Waals surface area contributed by atoms with Gasteiger partial charge in [-0.05, 0) is 18.6 Å². The molecule has 18 heavy (non-hydrogen) atoms. The molecule has 100 valence electrons. The van der Waals surface area contributed by atoms with E-state index in [1.54, 1.807) is 12.1 Å². The van der Waals surface area contributed by atoms with E-state index < -0.39 is 10.0 Å². The predicted molar refractivity (Wildman–Crippen MR) is 68.7 cm³/mol. The lowest BCUT2D eigenvalue weighted by Crippen LogP contribution is -2.20. The summed E-state index contributed by atoms with van der Waals surface area (Å²) < 4.78 is 21.4. The van der Waals surface area contributed by atoms with E-state index in [4.69, 9.17) is 5.14 Å². The van der Waals surface area contributed by atoms with Gasteiger partial charge in [-0.25, -0.2) is 13.6 Å². The largest absolute Gasteiger partial charge is 0.385 e. The summed E-state index contributed by atoms with van der Waals surface area (Å²) in [5, 5.41) is 10.3. The molecular formula is C10H16N4O3S. The minimum absolute atomic E-state index is 0.0760. The van der Waals surface area contributed by atoms with Crippen molar-refractivity contribution in [2.75, 3.05) is 24.7 Å². The molecule has 0 radical (unpaired) electrons. The maximum Gasteiger partial charge on any atom is 0.269 e. The molecule has 7 nitrogen and oxygen atoms in total. The van der Waals surface area contributed by atoms with Gasteiger partial charge in [0.05, 0.1) is 5.75 Å². The second-order valence-electron chi connectivity index (χ2n) is 3.66. The molecule has 0 aliphatic rings. The molecule has 1 heterocycles. The molecule has 0 saturated heterocycles. The molecule has 4 N–H and O–H groups in total. The summed E-state index contributed by atoms with van der Waals surface area (Å²) in [7, 11) is -1.90. The number of sulfonamides is 1. The number of nitrogens with two attached hydrogens (primary N) is 1.